The Morgan fingerprint density at radius 3 is 0.300 bits per heavy atom. The maximum absolute atomic E-state index is 10.8. The molecule has 0 amide bonds. The molecule has 0 aliphatic carbocycles. The SMILES string of the molecule is COC(=O)c1ccccc1.COC(=O)c1ccccc1.COC(=O)c1ccccc1.COC(=O)c1ccccc1.COC(=O)c1ccccc1.COC(=O)c1ccccc1.COC(=O)c1ccccc1.COC(=O)c1ccccc1. The first kappa shape index (κ1) is 67.5. The van der Waals surface area contributed by atoms with E-state index in [1.54, 1.807) is 194 Å². The lowest BCUT2D eigenvalue weighted by Crippen LogP contribution is -1.99. The number of hydrogen-bond donors (Lipinski definition) is 0. The van der Waals surface area contributed by atoms with Crippen molar-refractivity contribution < 1.29 is 76.3 Å². The van der Waals surface area contributed by atoms with Crippen LogP contribution in [-0.2, 0) is 37.9 Å². The van der Waals surface area contributed by atoms with Crippen LogP contribution in [0.1, 0.15) is 82.9 Å². The Bertz CT molecular complexity index is 2350. The van der Waals surface area contributed by atoms with Crippen molar-refractivity contribution in [3.63, 3.8) is 0 Å². The second kappa shape index (κ2) is 42.7. The molecule has 16 heteroatoms. The molecule has 0 N–H and O–H groups in total. The Hall–Kier alpha value is -10.5. The maximum atomic E-state index is 10.8. The summed E-state index contributed by atoms with van der Waals surface area (Å²) in [6.45, 7) is 0. The van der Waals surface area contributed by atoms with Gasteiger partial charge in [-0.25, -0.2) is 38.4 Å². The van der Waals surface area contributed by atoms with E-state index in [2.05, 4.69) is 37.9 Å². The number of methoxy groups -OCH3 is 8. The van der Waals surface area contributed by atoms with Crippen LogP contribution in [0.25, 0.3) is 0 Å². The predicted molar refractivity (Wildman–Crippen MR) is 302 cm³/mol. The van der Waals surface area contributed by atoms with Crippen molar-refractivity contribution in [1.29, 1.82) is 0 Å². The first-order chi connectivity index (χ1) is 38.7. The molecule has 0 heterocycles. The first-order valence-corrected chi connectivity index (χ1v) is 23.8. The highest BCUT2D eigenvalue weighted by Crippen LogP contribution is 2.04. The standard InChI is InChI=1S/8C8H8O2/c8*1-10-8(9)7-5-3-2-4-6-7/h8*2-6H,1H3. The summed E-state index contributed by atoms with van der Waals surface area (Å²) < 4.78 is 36.0. The van der Waals surface area contributed by atoms with E-state index < -0.39 is 0 Å². The molecule has 0 saturated heterocycles. The van der Waals surface area contributed by atoms with Crippen molar-refractivity contribution in [1.82, 2.24) is 0 Å². The van der Waals surface area contributed by atoms with Gasteiger partial charge in [0.2, 0.25) is 0 Å². The minimum Gasteiger partial charge on any atom is -0.465 e. The van der Waals surface area contributed by atoms with Gasteiger partial charge in [0.25, 0.3) is 0 Å². The highest BCUT2D eigenvalue weighted by atomic mass is 16.5. The van der Waals surface area contributed by atoms with Crippen LogP contribution >= 0.6 is 0 Å². The lowest BCUT2D eigenvalue weighted by atomic mass is 10.2. The zero-order valence-corrected chi connectivity index (χ0v) is 45.6. The molecular formula is C64H64O16. The van der Waals surface area contributed by atoms with Crippen LogP contribution in [0.15, 0.2) is 243 Å². The number of esters is 8. The summed E-state index contributed by atoms with van der Waals surface area (Å²) in [6, 6.07) is 71.0. The molecule has 16 nitrogen and oxygen atoms in total. The van der Waals surface area contributed by atoms with E-state index in [1.807, 2.05) is 48.5 Å². The van der Waals surface area contributed by atoms with E-state index in [0.29, 0.717) is 44.5 Å². The molecule has 8 aromatic rings. The average molecular weight is 1090 g/mol. The number of benzene rings is 8. The molecule has 0 spiro atoms. The highest BCUT2D eigenvalue weighted by Gasteiger charge is 2.06. The molecule has 80 heavy (non-hydrogen) atoms. The Balaban J connectivity index is 0.000000457. The zero-order chi connectivity index (χ0) is 59.2. The highest BCUT2D eigenvalue weighted by molar-refractivity contribution is 5.92. The molecule has 0 atom stereocenters. The maximum Gasteiger partial charge on any atom is 0.337 e. The molecule has 0 aliphatic heterocycles. The third-order valence-electron chi connectivity index (χ3n) is 9.56. The molecular weight excluding hydrogens is 1020 g/mol. The van der Waals surface area contributed by atoms with Crippen LogP contribution in [0.5, 0.6) is 0 Å². The summed E-state index contributed by atoms with van der Waals surface area (Å²) in [7, 11) is 11.0. The van der Waals surface area contributed by atoms with E-state index >= 15 is 0 Å². The van der Waals surface area contributed by atoms with Crippen LogP contribution in [0.2, 0.25) is 0 Å². The smallest absolute Gasteiger partial charge is 0.337 e. The van der Waals surface area contributed by atoms with Gasteiger partial charge in [-0.3, -0.25) is 0 Å². The van der Waals surface area contributed by atoms with Crippen molar-refractivity contribution in [3.8, 4) is 0 Å². The van der Waals surface area contributed by atoms with Gasteiger partial charge in [0, 0.05) is 0 Å². The molecule has 8 rings (SSSR count). The lowest BCUT2D eigenvalue weighted by Gasteiger charge is -1.95. The molecule has 416 valence electrons. The normalized spacial score (nSPS) is 8.90. The summed E-state index contributed by atoms with van der Waals surface area (Å²) in [5, 5.41) is 0. The van der Waals surface area contributed by atoms with Gasteiger partial charge in [-0.1, -0.05) is 146 Å². The van der Waals surface area contributed by atoms with E-state index in [9.17, 15) is 38.4 Å². The van der Waals surface area contributed by atoms with Gasteiger partial charge >= 0.3 is 47.8 Å². The van der Waals surface area contributed by atoms with Gasteiger partial charge in [-0.05, 0) is 97.1 Å². The molecule has 0 radical (unpaired) electrons. The fraction of sp³-hybridized carbons (Fsp3) is 0.125. The van der Waals surface area contributed by atoms with Crippen LogP contribution < -0.4 is 0 Å². The third kappa shape index (κ3) is 29.0. The number of carbonyl (C=O) groups is 8. The zero-order valence-electron chi connectivity index (χ0n) is 45.6. The monoisotopic (exact) mass is 1090 g/mol. The quantitative estimate of drug-likeness (QED) is 0.102. The number of carbonyl (C=O) groups excluding carboxylic acids is 8. The summed E-state index contributed by atoms with van der Waals surface area (Å²) in [6.07, 6.45) is 0. The van der Waals surface area contributed by atoms with E-state index in [0.717, 1.165) is 0 Å². The topological polar surface area (TPSA) is 210 Å². The van der Waals surface area contributed by atoms with Crippen LogP contribution in [-0.4, -0.2) is 105 Å². The lowest BCUT2D eigenvalue weighted by molar-refractivity contribution is 0.0592. The molecule has 8 aromatic carbocycles. The van der Waals surface area contributed by atoms with Gasteiger partial charge in [0.1, 0.15) is 0 Å². The van der Waals surface area contributed by atoms with Gasteiger partial charge in [-0.15, -0.1) is 0 Å². The van der Waals surface area contributed by atoms with E-state index in [4.69, 9.17) is 0 Å². The largest absolute Gasteiger partial charge is 0.465 e. The summed E-state index contributed by atoms with van der Waals surface area (Å²) >= 11 is 0. The minimum absolute atomic E-state index is 0.291. The fourth-order valence-corrected chi connectivity index (χ4v) is 5.54. The van der Waals surface area contributed by atoms with Gasteiger partial charge in [0.05, 0.1) is 101 Å². The third-order valence-corrected chi connectivity index (χ3v) is 9.56. The average Bonchev–Trinajstić information content (AvgIpc) is 3.55. The van der Waals surface area contributed by atoms with Crippen LogP contribution in [0, 0.1) is 0 Å². The van der Waals surface area contributed by atoms with Gasteiger partial charge < -0.3 is 37.9 Å². The molecule has 0 unspecified atom stereocenters. The number of rotatable bonds is 8. The van der Waals surface area contributed by atoms with Gasteiger partial charge in [0.15, 0.2) is 0 Å². The summed E-state index contributed by atoms with van der Waals surface area (Å²) in [5.41, 5.74) is 4.70. The number of hydrogen-bond acceptors (Lipinski definition) is 16. The van der Waals surface area contributed by atoms with E-state index in [-0.39, 0.29) is 47.8 Å². The predicted octanol–water partition coefficient (Wildman–Crippen LogP) is 11.8. The Labute approximate surface area is 466 Å². The van der Waals surface area contributed by atoms with Crippen LogP contribution in [0.3, 0.4) is 0 Å². The van der Waals surface area contributed by atoms with Crippen molar-refractivity contribution in [2.24, 2.45) is 0 Å². The first-order valence-electron chi connectivity index (χ1n) is 23.8. The van der Waals surface area contributed by atoms with Gasteiger partial charge in [-0.2, -0.15) is 0 Å². The van der Waals surface area contributed by atoms with Crippen molar-refractivity contribution in [3.05, 3.63) is 287 Å². The minimum atomic E-state index is -0.291. The van der Waals surface area contributed by atoms with Crippen LogP contribution in [0.4, 0.5) is 0 Å². The second-order valence-corrected chi connectivity index (χ2v) is 14.9. The van der Waals surface area contributed by atoms with Crippen molar-refractivity contribution in [2.75, 3.05) is 56.9 Å². The molecule has 0 aromatic heterocycles. The Kier molecular flexibility index (Phi) is 36.1. The fourth-order valence-electron chi connectivity index (χ4n) is 5.54. The number of ether oxygens (including phenoxy) is 8. The summed E-state index contributed by atoms with van der Waals surface area (Å²) in [4.78, 5) is 86.3. The molecule has 0 saturated carbocycles. The Morgan fingerprint density at radius 2 is 0.237 bits per heavy atom. The van der Waals surface area contributed by atoms with Crippen molar-refractivity contribution in [2.45, 2.75) is 0 Å². The van der Waals surface area contributed by atoms with E-state index in [1.165, 1.54) is 56.9 Å². The Morgan fingerprint density at radius 1 is 0.163 bits per heavy atom. The summed E-state index contributed by atoms with van der Waals surface area (Å²) in [5.74, 6) is -2.33. The second-order valence-electron chi connectivity index (χ2n) is 14.9. The van der Waals surface area contributed by atoms with Crippen molar-refractivity contribution >= 4 is 47.8 Å². The molecule has 0 fully saturated rings. The molecule has 0 bridgehead atoms. The molecule has 0 aliphatic rings.